The van der Waals surface area contributed by atoms with Crippen LogP contribution >= 0.6 is 34.8 Å². The molecule has 1 aliphatic heterocycles. The summed E-state index contributed by atoms with van der Waals surface area (Å²) in [6, 6.07) is 0. The Balaban J connectivity index is 2.30. The number of carbonyl (C=O) groups is 1. The Kier molecular flexibility index (Phi) is 5.44. The van der Waals surface area contributed by atoms with Crippen LogP contribution in [-0.2, 0) is 14.3 Å². The van der Waals surface area contributed by atoms with Gasteiger partial charge in [0.1, 0.15) is 0 Å². The zero-order chi connectivity index (χ0) is 17.5. The van der Waals surface area contributed by atoms with Crippen LogP contribution in [0.3, 0.4) is 0 Å². The molecule has 1 unspecified atom stereocenters. The molecule has 0 radical (unpaired) electrons. The molecule has 1 amide bonds. The van der Waals surface area contributed by atoms with E-state index in [1.807, 2.05) is 13.8 Å². The van der Waals surface area contributed by atoms with Crippen molar-refractivity contribution in [1.82, 2.24) is 5.32 Å². The van der Waals surface area contributed by atoms with Gasteiger partial charge in [-0.05, 0) is 33.6 Å². The maximum atomic E-state index is 12.2. The minimum absolute atomic E-state index is 0.0527. The van der Waals surface area contributed by atoms with Gasteiger partial charge >= 0.3 is 0 Å². The lowest BCUT2D eigenvalue weighted by molar-refractivity contribution is -0.148. The fourth-order valence-corrected chi connectivity index (χ4v) is 3.34. The van der Waals surface area contributed by atoms with Gasteiger partial charge in [0, 0.05) is 5.92 Å². The van der Waals surface area contributed by atoms with Crippen molar-refractivity contribution >= 4 is 40.7 Å². The van der Waals surface area contributed by atoms with Gasteiger partial charge in [0.15, 0.2) is 5.79 Å². The summed E-state index contributed by atoms with van der Waals surface area (Å²) in [5.74, 6) is -1.37. The average molecular weight is 383 g/mol. The highest BCUT2D eigenvalue weighted by Crippen LogP contribution is 2.42. The van der Waals surface area contributed by atoms with E-state index in [4.69, 9.17) is 44.3 Å². The first-order valence-corrected chi connectivity index (χ1v) is 8.63. The molecule has 130 valence electrons. The molecule has 2 rings (SSSR count). The predicted octanol–water partition coefficient (Wildman–Crippen LogP) is 3.91. The molecular formula is C16H22Cl3NO3. The van der Waals surface area contributed by atoms with Gasteiger partial charge in [-0.3, -0.25) is 4.79 Å². The topological polar surface area (TPSA) is 47.6 Å². The normalized spacial score (nSPS) is 33.9. The molecule has 1 fully saturated rings. The number of rotatable bonds is 3. The summed E-state index contributed by atoms with van der Waals surface area (Å²) in [4.78, 5) is 12.2. The summed E-state index contributed by atoms with van der Waals surface area (Å²) in [6.07, 6.45) is 4.92. The number of alkyl halides is 3. The van der Waals surface area contributed by atoms with E-state index in [1.54, 1.807) is 6.08 Å². The quantitative estimate of drug-likeness (QED) is 0.595. The van der Waals surface area contributed by atoms with Gasteiger partial charge in [0.25, 0.3) is 9.70 Å². The van der Waals surface area contributed by atoms with Crippen LogP contribution in [-0.4, -0.2) is 33.7 Å². The number of amides is 1. The Morgan fingerprint density at radius 1 is 1.48 bits per heavy atom. The minimum atomic E-state index is -2.02. The van der Waals surface area contributed by atoms with Crippen molar-refractivity contribution in [1.29, 1.82) is 0 Å². The van der Waals surface area contributed by atoms with Crippen LogP contribution in [0.25, 0.3) is 0 Å². The molecule has 7 heteroatoms. The fourth-order valence-electron chi connectivity index (χ4n) is 3.20. The van der Waals surface area contributed by atoms with Crippen molar-refractivity contribution in [3.8, 4) is 0 Å². The average Bonchev–Trinajstić information content (AvgIpc) is 2.80. The second kappa shape index (κ2) is 6.57. The molecule has 0 bridgehead atoms. The number of carbonyl (C=O) groups excluding carboxylic acids is 1. The third kappa shape index (κ3) is 4.23. The van der Waals surface area contributed by atoms with E-state index in [9.17, 15) is 4.79 Å². The second-order valence-electron chi connectivity index (χ2n) is 6.63. The third-order valence-corrected chi connectivity index (χ3v) is 4.95. The van der Waals surface area contributed by atoms with E-state index in [0.29, 0.717) is 13.0 Å². The smallest absolute Gasteiger partial charge is 0.272 e. The summed E-state index contributed by atoms with van der Waals surface area (Å²) in [5.41, 5.74) is 0.485. The Morgan fingerprint density at radius 2 is 2.13 bits per heavy atom. The van der Waals surface area contributed by atoms with Crippen molar-refractivity contribution < 1.29 is 14.3 Å². The minimum Gasteiger partial charge on any atom is -0.348 e. The largest absolute Gasteiger partial charge is 0.348 e. The van der Waals surface area contributed by atoms with Crippen LogP contribution in [0, 0.1) is 5.92 Å². The summed E-state index contributed by atoms with van der Waals surface area (Å²) < 4.78 is 9.67. The van der Waals surface area contributed by atoms with Crippen molar-refractivity contribution in [3.63, 3.8) is 0 Å². The molecule has 1 N–H and O–H groups in total. The number of nitrogens with one attached hydrogen (secondary N) is 1. The molecule has 0 saturated carbocycles. The van der Waals surface area contributed by atoms with Crippen LogP contribution in [0.5, 0.6) is 0 Å². The highest BCUT2D eigenvalue weighted by Gasteiger charge is 2.49. The van der Waals surface area contributed by atoms with Crippen molar-refractivity contribution in [2.45, 2.75) is 54.8 Å². The first-order chi connectivity index (χ1) is 10.5. The van der Waals surface area contributed by atoms with E-state index in [1.165, 1.54) is 5.57 Å². The lowest BCUT2D eigenvalue weighted by Crippen LogP contribution is -2.59. The van der Waals surface area contributed by atoms with E-state index in [0.717, 1.165) is 6.42 Å². The van der Waals surface area contributed by atoms with Gasteiger partial charge in [-0.1, -0.05) is 52.5 Å². The first kappa shape index (κ1) is 19.1. The molecule has 2 aliphatic rings. The maximum Gasteiger partial charge on any atom is 0.272 e. The molecule has 0 spiro atoms. The highest BCUT2D eigenvalue weighted by molar-refractivity contribution is 6.76. The number of hydrogen-bond donors (Lipinski definition) is 1. The standard InChI is InChI=1S/C16H22Cl3NO3/c1-5-15(20-13(21)16(17,18)19)7-6-10(2)8-11(15)12-9-22-14(3,4)23-12/h5-6,11-12H,1,7-9H2,2-4H3,(H,20,21)/t11?,12-,15+/m1/s1. The van der Waals surface area contributed by atoms with Crippen LogP contribution in [0.15, 0.2) is 24.3 Å². The van der Waals surface area contributed by atoms with Gasteiger partial charge in [0.2, 0.25) is 0 Å². The lowest BCUT2D eigenvalue weighted by atomic mass is 9.70. The van der Waals surface area contributed by atoms with Gasteiger partial charge in [0.05, 0.1) is 18.2 Å². The van der Waals surface area contributed by atoms with Crippen LogP contribution < -0.4 is 5.32 Å². The first-order valence-electron chi connectivity index (χ1n) is 7.49. The Morgan fingerprint density at radius 3 is 2.61 bits per heavy atom. The Bertz CT molecular complexity index is 527. The molecule has 1 aliphatic carbocycles. The second-order valence-corrected chi connectivity index (χ2v) is 8.91. The molecule has 23 heavy (non-hydrogen) atoms. The number of ether oxygens (including phenoxy) is 2. The predicted molar refractivity (Wildman–Crippen MR) is 92.7 cm³/mol. The van der Waals surface area contributed by atoms with E-state index in [2.05, 4.69) is 24.9 Å². The number of halogens is 3. The van der Waals surface area contributed by atoms with E-state index >= 15 is 0 Å². The Hall–Kier alpha value is -0.260. The summed E-state index contributed by atoms with van der Waals surface area (Å²) >= 11 is 17.1. The molecule has 1 saturated heterocycles. The highest BCUT2D eigenvalue weighted by atomic mass is 35.6. The van der Waals surface area contributed by atoms with Gasteiger partial charge in [-0.2, -0.15) is 0 Å². The zero-order valence-corrected chi connectivity index (χ0v) is 15.8. The Labute approximate surface area is 152 Å². The van der Waals surface area contributed by atoms with Gasteiger partial charge in [-0.25, -0.2) is 0 Å². The maximum absolute atomic E-state index is 12.2. The van der Waals surface area contributed by atoms with Crippen molar-refractivity contribution in [2.24, 2.45) is 5.92 Å². The third-order valence-electron chi connectivity index (χ3n) is 4.44. The molecule has 0 aromatic heterocycles. The fraction of sp³-hybridized carbons (Fsp3) is 0.688. The van der Waals surface area contributed by atoms with Crippen LogP contribution in [0.2, 0.25) is 0 Å². The van der Waals surface area contributed by atoms with E-state index in [-0.39, 0.29) is 12.0 Å². The van der Waals surface area contributed by atoms with E-state index < -0.39 is 21.0 Å². The molecule has 4 nitrogen and oxygen atoms in total. The summed E-state index contributed by atoms with van der Waals surface area (Å²) in [5, 5.41) is 2.86. The van der Waals surface area contributed by atoms with Crippen LogP contribution in [0.1, 0.15) is 33.6 Å². The summed E-state index contributed by atoms with van der Waals surface area (Å²) in [6.45, 7) is 10.1. The zero-order valence-electron chi connectivity index (χ0n) is 13.5. The van der Waals surface area contributed by atoms with Crippen molar-refractivity contribution in [3.05, 3.63) is 24.3 Å². The SMILES string of the molecule is C=C[C@]1(NC(=O)C(Cl)(Cl)Cl)CC=C(C)CC1[C@H]1COC(C)(C)O1. The lowest BCUT2D eigenvalue weighted by Gasteiger charge is -2.44. The molecule has 0 aromatic rings. The monoisotopic (exact) mass is 381 g/mol. The van der Waals surface area contributed by atoms with Gasteiger partial charge in [-0.15, -0.1) is 6.58 Å². The van der Waals surface area contributed by atoms with Crippen molar-refractivity contribution in [2.75, 3.05) is 6.61 Å². The summed E-state index contributed by atoms with van der Waals surface area (Å²) in [7, 11) is 0. The molecule has 1 heterocycles. The molecule has 3 atom stereocenters. The number of hydrogen-bond acceptors (Lipinski definition) is 3. The van der Waals surface area contributed by atoms with Gasteiger partial charge < -0.3 is 14.8 Å². The molecule has 0 aromatic carbocycles. The van der Waals surface area contributed by atoms with Crippen LogP contribution in [0.4, 0.5) is 0 Å². The number of allylic oxidation sites excluding steroid dienone is 1. The molecular weight excluding hydrogens is 361 g/mol.